The number of hydrogen-bond donors (Lipinski definition) is 2. The zero-order chi connectivity index (χ0) is 20.5. The summed E-state index contributed by atoms with van der Waals surface area (Å²) in [6.07, 6.45) is 4.91. The number of halogens is 1. The molecule has 1 aliphatic rings. The first-order chi connectivity index (χ1) is 14.0. The molecule has 0 saturated carbocycles. The number of thiophene rings is 1. The molecule has 0 fully saturated rings. The third-order valence-corrected chi connectivity index (χ3v) is 6.65. The maximum absolute atomic E-state index is 13.2. The molecule has 0 saturated heterocycles. The number of benzene rings is 1. The summed E-state index contributed by atoms with van der Waals surface area (Å²) in [5.41, 5.74) is 8.33. The minimum atomic E-state index is -0.520. The van der Waals surface area contributed by atoms with E-state index in [-0.39, 0.29) is 5.56 Å². The molecule has 2 heterocycles. The van der Waals surface area contributed by atoms with E-state index in [9.17, 15) is 9.59 Å². The van der Waals surface area contributed by atoms with Gasteiger partial charge in [-0.1, -0.05) is 41.4 Å². The van der Waals surface area contributed by atoms with Crippen LogP contribution in [0.1, 0.15) is 56.2 Å². The van der Waals surface area contributed by atoms with Crippen LogP contribution in [0, 0.1) is 6.92 Å². The molecule has 0 aliphatic heterocycles. The van der Waals surface area contributed by atoms with E-state index in [2.05, 4.69) is 10.5 Å². The van der Waals surface area contributed by atoms with Gasteiger partial charge in [-0.3, -0.25) is 9.59 Å². The number of amides is 2. The van der Waals surface area contributed by atoms with Crippen LogP contribution in [0.4, 0.5) is 5.00 Å². The van der Waals surface area contributed by atoms with E-state index >= 15 is 0 Å². The summed E-state index contributed by atoms with van der Waals surface area (Å²) in [6, 6.07) is 7.12. The molecule has 3 aromatic rings. The van der Waals surface area contributed by atoms with Crippen molar-refractivity contribution in [1.29, 1.82) is 0 Å². The highest BCUT2D eigenvalue weighted by atomic mass is 35.5. The van der Waals surface area contributed by atoms with Crippen LogP contribution in [0.5, 0.6) is 0 Å². The minimum absolute atomic E-state index is 0.289. The molecule has 1 aromatic carbocycles. The molecule has 0 spiro atoms. The van der Waals surface area contributed by atoms with E-state index in [0.717, 1.165) is 42.5 Å². The van der Waals surface area contributed by atoms with Crippen molar-refractivity contribution in [1.82, 2.24) is 5.16 Å². The quantitative estimate of drug-likeness (QED) is 0.571. The lowest BCUT2D eigenvalue weighted by Crippen LogP contribution is -2.18. The van der Waals surface area contributed by atoms with Crippen LogP contribution >= 0.6 is 22.9 Å². The second-order valence-electron chi connectivity index (χ2n) is 7.03. The Bertz CT molecular complexity index is 1100. The van der Waals surface area contributed by atoms with Crippen LogP contribution in [-0.2, 0) is 12.8 Å². The van der Waals surface area contributed by atoms with Gasteiger partial charge < -0.3 is 15.6 Å². The first-order valence-corrected chi connectivity index (χ1v) is 10.6. The van der Waals surface area contributed by atoms with E-state index in [4.69, 9.17) is 21.9 Å². The third kappa shape index (κ3) is 3.68. The van der Waals surface area contributed by atoms with Crippen molar-refractivity contribution < 1.29 is 14.1 Å². The highest BCUT2D eigenvalue weighted by molar-refractivity contribution is 7.17. The Morgan fingerprint density at radius 1 is 1.17 bits per heavy atom. The van der Waals surface area contributed by atoms with Crippen molar-refractivity contribution in [2.45, 2.75) is 39.0 Å². The molecule has 29 heavy (non-hydrogen) atoms. The van der Waals surface area contributed by atoms with Gasteiger partial charge in [-0.15, -0.1) is 11.3 Å². The van der Waals surface area contributed by atoms with Gasteiger partial charge in [0.2, 0.25) is 0 Å². The molecule has 0 unspecified atom stereocenters. The van der Waals surface area contributed by atoms with Crippen LogP contribution in [0.15, 0.2) is 28.8 Å². The number of aromatic nitrogens is 1. The Morgan fingerprint density at radius 3 is 2.69 bits per heavy atom. The average molecular weight is 430 g/mol. The predicted molar refractivity (Wildman–Crippen MR) is 114 cm³/mol. The van der Waals surface area contributed by atoms with Crippen LogP contribution in [0.25, 0.3) is 11.3 Å². The summed E-state index contributed by atoms with van der Waals surface area (Å²) in [7, 11) is 0. The van der Waals surface area contributed by atoms with Crippen molar-refractivity contribution in [3.05, 3.63) is 56.6 Å². The Morgan fingerprint density at radius 2 is 1.93 bits per heavy atom. The topological polar surface area (TPSA) is 98.2 Å². The van der Waals surface area contributed by atoms with Crippen LogP contribution in [0.3, 0.4) is 0 Å². The van der Waals surface area contributed by atoms with E-state index < -0.39 is 11.8 Å². The fourth-order valence-electron chi connectivity index (χ4n) is 3.73. The number of carbonyl (C=O) groups excluding carboxylic acids is 2. The number of rotatable bonds is 4. The standard InChI is InChI=1S/C21H20ClN3O3S/c1-11-16(18(25-28-11)12-7-5-6-9-14(12)22)20(27)24-21-17(19(23)26)13-8-3-2-4-10-15(13)29-21/h5-7,9H,2-4,8,10H2,1H3,(H2,23,26)(H,24,27). The number of primary amides is 1. The first kappa shape index (κ1) is 19.7. The molecule has 2 amide bonds. The zero-order valence-corrected chi connectivity index (χ0v) is 17.5. The third-order valence-electron chi connectivity index (χ3n) is 5.11. The second-order valence-corrected chi connectivity index (χ2v) is 8.54. The van der Waals surface area contributed by atoms with Crippen molar-refractivity contribution in [2.24, 2.45) is 5.73 Å². The number of nitrogens with two attached hydrogens (primary N) is 1. The highest BCUT2D eigenvalue weighted by Crippen LogP contribution is 2.38. The normalized spacial score (nSPS) is 13.6. The van der Waals surface area contributed by atoms with Gasteiger partial charge in [-0.2, -0.15) is 0 Å². The maximum Gasteiger partial charge on any atom is 0.262 e. The van der Waals surface area contributed by atoms with Gasteiger partial charge in [0, 0.05) is 10.4 Å². The Hall–Kier alpha value is -2.64. The summed E-state index contributed by atoms with van der Waals surface area (Å²) >= 11 is 7.71. The van der Waals surface area contributed by atoms with Gasteiger partial charge >= 0.3 is 0 Å². The fourth-order valence-corrected chi connectivity index (χ4v) is 5.25. The SMILES string of the molecule is Cc1onc(-c2ccccc2Cl)c1C(=O)Nc1sc2c(c1C(N)=O)CCCCC2. The highest BCUT2D eigenvalue weighted by Gasteiger charge is 2.28. The molecule has 0 radical (unpaired) electrons. The van der Waals surface area contributed by atoms with E-state index in [1.807, 2.05) is 6.07 Å². The number of aryl methyl sites for hydroxylation is 2. The molecular weight excluding hydrogens is 410 g/mol. The van der Waals surface area contributed by atoms with Crippen LogP contribution in [-0.4, -0.2) is 17.0 Å². The van der Waals surface area contributed by atoms with Crippen molar-refractivity contribution in [3.63, 3.8) is 0 Å². The van der Waals surface area contributed by atoms with Crippen molar-refractivity contribution in [3.8, 4) is 11.3 Å². The Labute approximate surface area is 177 Å². The van der Waals surface area contributed by atoms with Gasteiger partial charge in [-0.05, 0) is 44.2 Å². The van der Waals surface area contributed by atoms with Crippen molar-refractivity contribution in [2.75, 3.05) is 5.32 Å². The lowest BCUT2D eigenvalue weighted by atomic mass is 10.0. The summed E-state index contributed by atoms with van der Waals surface area (Å²) in [5, 5.41) is 7.87. The lowest BCUT2D eigenvalue weighted by Gasteiger charge is -2.07. The monoisotopic (exact) mass is 429 g/mol. The largest absolute Gasteiger partial charge is 0.365 e. The maximum atomic E-state index is 13.2. The number of nitrogens with one attached hydrogen (secondary N) is 1. The van der Waals surface area contributed by atoms with Crippen LogP contribution < -0.4 is 11.1 Å². The molecule has 150 valence electrons. The first-order valence-electron chi connectivity index (χ1n) is 9.44. The van der Waals surface area contributed by atoms with Gasteiger partial charge in [0.05, 0.1) is 10.6 Å². The molecule has 1 aliphatic carbocycles. The fraction of sp³-hybridized carbons (Fsp3) is 0.286. The Kier molecular flexibility index (Phi) is 5.43. The number of anilines is 1. The van der Waals surface area contributed by atoms with E-state index in [0.29, 0.717) is 32.6 Å². The molecule has 6 nitrogen and oxygen atoms in total. The van der Waals surface area contributed by atoms with Gasteiger partial charge in [0.1, 0.15) is 22.0 Å². The minimum Gasteiger partial charge on any atom is -0.365 e. The average Bonchev–Trinajstić information content (AvgIpc) is 3.14. The summed E-state index contributed by atoms with van der Waals surface area (Å²) in [4.78, 5) is 26.4. The van der Waals surface area contributed by atoms with Crippen LogP contribution in [0.2, 0.25) is 5.02 Å². The molecule has 3 N–H and O–H groups in total. The van der Waals surface area contributed by atoms with Gasteiger partial charge in [0.15, 0.2) is 0 Å². The number of fused-ring (bicyclic) bond motifs is 1. The zero-order valence-electron chi connectivity index (χ0n) is 15.9. The molecular formula is C21H20ClN3O3S. The summed E-state index contributed by atoms with van der Waals surface area (Å²) < 4.78 is 5.28. The molecule has 4 rings (SSSR count). The van der Waals surface area contributed by atoms with Gasteiger partial charge in [0.25, 0.3) is 11.8 Å². The molecule has 0 atom stereocenters. The smallest absolute Gasteiger partial charge is 0.262 e. The van der Waals surface area contributed by atoms with E-state index in [1.165, 1.54) is 11.3 Å². The number of hydrogen-bond acceptors (Lipinski definition) is 5. The molecule has 2 aromatic heterocycles. The second kappa shape index (κ2) is 8.00. The Balaban J connectivity index is 1.73. The summed E-state index contributed by atoms with van der Waals surface area (Å²) in [5.74, 6) is -0.554. The number of carbonyl (C=O) groups is 2. The lowest BCUT2D eigenvalue weighted by molar-refractivity contribution is 0.100. The predicted octanol–water partition coefficient (Wildman–Crippen LogP) is 4.99. The van der Waals surface area contributed by atoms with Crippen molar-refractivity contribution >= 4 is 39.8 Å². The molecule has 8 heteroatoms. The van der Waals surface area contributed by atoms with E-state index in [1.54, 1.807) is 25.1 Å². The van der Waals surface area contributed by atoms with Gasteiger partial charge in [-0.25, -0.2) is 0 Å². The number of nitrogens with zero attached hydrogens (tertiary/aromatic N) is 1. The molecule has 0 bridgehead atoms. The summed E-state index contributed by atoms with van der Waals surface area (Å²) in [6.45, 7) is 1.67.